The molecule has 3 aromatic rings. The Hall–Kier alpha value is -2.80. The van der Waals surface area contributed by atoms with E-state index in [4.69, 9.17) is 14.2 Å². The van der Waals surface area contributed by atoms with Crippen molar-refractivity contribution in [2.24, 2.45) is 0 Å². The third-order valence-electron chi connectivity index (χ3n) is 5.25. The molecular weight excluding hydrogens is 416 g/mol. The first-order chi connectivity index (χ1) is 16.2. The average Bonchev–Trinajstić information content (AvgIpc) is 2.87. The van der Waals surface area contributed by atoms with E-state index in [2.05, 4.69) is 6.58 Å². The molecule has 33 heavy (non-hydrogen) atoms. The minimum Gasteiger partial charge on any atom is -0.388 e. The van der Waals surface area contributed by atoms with Crippen molar-refractivity contribution in [1.82, 2.24) is 0 Å². The zero-order valence-corrected chi connectivity index (χ0v) is 18.7. The first-order valence-corrected chi connectivity index (χ1v) is 11.1. The van der Waals surface area contributed by atoms with E-state index in [9.17, 15) is 10.2 Å². The van der Waals surface area contributed by atoms with Gasteiger partial charge in [0, 0.05) is 0 Å². The van der Waals surface area contributed by atoms with Gasteiger partial charge in [-0.2, -0.15) is 0 Å². The molecule has 0 saturated heterocycles. The Bertz CT molecular complexity index is 917. The fourth-order valence-corrected chi connectivity index (χ4v) is 3.45. The Morgan fingerprint density at radius 2 is 1.06 bits per heavy atom. The summed E-state index contributed by atoms with van der Waals surface area (Å²) >= 11 is 0. The van der Waals surface area contributed by atoms with E-state index in [1.165, 1.54) is 6.08 Å². The summed E-state index contributed by atoms with van der Waals surface area (Å²) < 4.78 is 17.9. The van der Waals surface area contributed by atoms with Gasteiger partial charge >= 0.3 is 0 Å². The van der Waals surface area contributed by atoms with Crippen molar-refractivity contribution in [2.75, 3.05) is 6.61 Å². The number of ether oxygens (including phenoxy) is 3. The number of rotatable bonds is 14. The van der Waals surface area contributed by atoms with Gasteiger partial charge < -0.3 is 24.4 Å². The summed E-state index contributed by atoms with van der Waals surface area (Å²) in [6, 6.07) is 29.1. The molecule has 3 rings (SSSR count). The molecule has 3 aromatic carbocycles. The molecule has 5 nitrogen and oxygen atoms in total. The average molecular weight is 449 g/mol. The summed E-state index contributed by atoms with van der Waals surface area (Å²) in [5, 5.41) is 21.6. The highest BCUT2D eigenvalue weighted by Gasteiger charge is 2.34. The lowest BCUT2D eigenvalue weighted by molar-refractivity contribution is -0.168. The van der Waals surface area contributed by atoms with Gasteiger partial charge in [0.2, 0.25) is 0 Å². The van der Waals surface area contributed by atoms with E-state index in [-0.39, 0.29) is 19.8 Å². The molecular formula is C28H32O5. The van der Waals surface area contributed by atoms with Gasteiger partial charge in [-0.1, -0.05) is 97.1 Å². The molecule has 0 radical (unpaired) electrons. The van der Waals surface area contributed by atoms with Crippen LogP contribution >= 0.6 is 0 Å². The van der Waals surface area contributed by atoms with Crippen LogP contribution in [-0.2, 0) is 34.0 Å². The Labute approximate surface area is 195 Å². The topological polar surface area (TPSA) is 68.2 Å². The minimum atomic E-state index is -1.03. The second kappa shape index (κ2) is 13.7. The predicted molar refractivity (Wildman–Crippen MR) is 128 cm³/mol. The second-order valence-electron chi connectivity index (χ2n) is 7.82. The maximum absolute atomic E-state index is 11.0. The molecule has 0 saturated carbocycles. The molecule has 4 atom stereocenters. The van der Waals surface area contributed by atoms with Crippen LogP contribution in [0.1, 0.15) is 16.7 Å². The first-order valence-electron chi connectivity index (χ1n) is 11.1. The normalized spacial score (nSPS) is 14.8. The lowest BCUT2D eigenvalue weighted by atomic mass is 10.0. The fourth-order valence-electron chi connectivity index (χ4n) is 3.45. The second-order valence-corrected chi connectivity index (χ2v) is 7.82. The van der Waals surface area contributed by atoms with Gasteiger partial charge in [0.25, 0.3) is 0 Å². The zero-order valence-electron chi connectivity index (χ0n) is 18.7. The number of benzene rings is 3. The summed E-state index contributed by atoms with van der Waals surface area (Å²) in [6.07, 6.45) is -2.32. The van der Waals surface area contributed by atoms with Crippen LogP contribution in [0.5, 0.6) is 0 Å². The van der Waals surface area contributed by atoms with Gasteiger partial charge in [0.15, 0.2) is 0 Å². The van der Waals surface area contributed by atoms with Crippen LogP contribution in [0.2, 0.25) is 0 Å². The van der Waals surface area contributed by atoms with Crippen LogP contribution in [0.15, 0.2) is 104 Å². The van der Waals surface area contributed by atoms with Crippen molar-refractivity contribution in [1.29, 1.82) is 0 Å². The summed E-state index contributed by atoms with van der Waals surface area (Å²) in [6.45, 7) is 4.62. The molecule has 0 aliphatic rings. The predicted octanol–water partition coefficient (Wildman–Crippen LogP) is 4.28. The van der Waals surface area contributed by atoms with Crippen LogP contribution in [0.4, 0.5) is 0 Å². The van der Waals surface area contributed by atoms with Crippen molar-refractivity contribution in [3.8, 4) is 0 Å². The minimum absolute atomic E-state index is 0.0312. The van der Waals surface area contributed by atoms with Crippen LogP contribution in [-0.4, -0.2) is 41.2 Å². The maximum Gasteiger partial charge on any atom is 0.116 e. The van der Waals surface area contributed by atoms with Crippen molar-refractivity contribution in [3.05, 3.63) is 120 Å². The molecule has 0 heterocycles. The highest BCUT2D eigenvalue weighted by atomic mass is 16.6. The molecule has 0 amide bonds. The molecule has 0 aromatic heterocycles. The van der Waals surface area contributed by atoms with Crippen LogP contribution in [0.3, 0.4) is 0 Å². The van der Waals surface area contributed by atoms with Crippen molar-refractivity contribution in [2.45, 2.75) is 44.2 Å². The fraction of sp³-hybridized carbons (Fsp3) is 0.286. The van der Waals surface area contributed by atoms with Gasteiger partial charge in [-0.15, -0.1) is 6.58 Å². The van der Waals surface area contributed by atoms with E-state index in [1.807, 2.05) is 91.0 Å². The zero-order chi connectivity index (χ0) is 23.3. The van der Waals surface area contributed by atoms with Crippen LogP contribution in [0, 0.1) is 0 Å². The lowest BCUT2D eigenvalue weighted by Gasteiger charge is -2.33. The lowest BCUT2D eigenvalue weighted by Crippen LogP contribution is -2.48. The summed E-state index contributed by atoms with van der Waals surface area (Å²) in [5.41, 5.74) is 2.92. The van der Waals surface area contributed by atoms with E-state index < -0.39 is 24.4 Å². The number of hydrogen-bond donors (Lipinski definition) is 2. The Morgan fingerprint density at radius 1 is 0.636 bits per heavy atom. The maximum atomic E-state index is 11.0. The summed E-state index contributed by atoms with van der Waals surface area (Å²) in [7, 11) is 0. The van der Waals surface area contributed by atoms with Gasteiger partial charge in [-0.05, 0) is 16.7 Å². The van der Waals surface area contributed by atoms with Crippen molar-refractivity contribution >= 4 is 0 Å². The van der Waals surface area contributed by atoms with E-state index in [0.29, 0.717) is 6.61 Å². The van der Waals surface area contributed by atoms with Gasteiger partial charge in [-0.3, -0.25) is 0 Å². The van der Waals surface area contributed by atoms with Crippen LogP contribution < -0.4 is 0 Å². The number of aliphatic hydroxyl groups excluding tert-OH is 2. The molecule has 2 unspecified atom stereocenters. The largest absolute Gasteiger partial charge is 0.388 e. The standard InChI is InChI=1S/C28H32O5/c1-2-25(29)27(32-19-23-14-8-4-9-15-23)28(33-20-24-16-10-5-11-17-24)26(30)21-31-18-22-12-6-3-7-13-22/h2-17,25-30H,1,18-21H2/t25?,26?,27-,28+/m1/s1. The molecule has 5 heteroatoms. The third-order valence-corrected chi connectivity index (χ3v) is 5.25. The first kappa shape index (κ1) is 24.8. The van der Waals surface area contributed by atoms with Gasteiger partial charge in [-0.25, -0.2) is 0 Å². The van der Waals surface area contributed by atoms with Crippen molar-refractivity contribution < 1.29 is 24.4 Å². The molecule has 0 spiro atoms. The van der Waals surface area contributed by atoms with E-state index in [0.717, 1.165) is 16.7 Å². The SMILES string of the molecule is C=CC(O)[C@@H](OCc1ccccc1)[C@@H](OCc1ccccc1)C(O)COCc1ccccc1. The number of aliphatic hydroxyl groups is 2. The van der Waals surface area contributed by atoms with Gasteiger partial charge in [0.1, 0.15) is 24.4 Å². The highest BCUT2D eigenvalue weighted by Crippen LogP contribution is 2.19. The quantitative estimate of drug-likeness (QED) is 0.360. The molecule has 0 aliphatic heterocycles. The molecule has 0 aliphatic carbocycles. The highest BCUT2D eigenvalue weighted by molar-refractivity contribution is 5.15. The van der Waals surface area contributed by atoms with E-state index >= 15 is 0 Å². The van der Waals surface area contributed by atoms with E-state index in [1.54, 1.807) is 0 Å². The van der Waals surface area contributed by atoms with Crippen molar-refractivity contribution in [3.63, 3.8) is 0 Å². The molecule has 0 bridgehead atoms. The van der Waals surface area contributed by atoms with Crippen LogP contribution in [0.25, 0.3) is 0 Å². The molecule has 2 N–H and O–H groups in total. The Balaban J connectivity index is 1.70. The monoisotopic (exact) mass is 448 g/mol. The number of hydrogen-bond acceptors (Lipinski definition) is 5. The molecule has 174 valence electrons. The van der Waals surface area contributed by atoms with Gasteiger partial charge in [0.05, 0.1) is 26.4 Å². The summed E-state index contributed by atoms with van der Waals surface area (Å²) in [5.74, 6) is 0. The Kier molecular flexibility index (Phi) is 10.3. The third kappa shape index (κ3) is 8.24. The molecule has 0 fully saturated rings. The summed E-state index contributed by atoms with van der Waals surface area (Å²) in [4.78, 5) is 0. The smallest absolute Gasteiger partial charge is 0.116 e. The Morgan fingerprint density at radius 3 is 1.52 bits per heavy atom.